The van der Waals surface area contributed by atoms with Crippen molar-refractivity contribution in [2.75, 3.05) is 31.1 Å². The van der Waals surface area contributed by atoms with Crippen LogP contribution in [0.4, 0.5) is 11.4 Å². The summed E-state index contributed by atoms with van der Waals surface area (Å²) in [5.74, 6) is -0.289. The predicted octanol–water partition coefficient (Wildman–Crippen LogP) is 3.29. The van der Waals surface area contributed by atoms with Gasteiger partial charge in [-0.2, -0.15) is 11.3 Å². The van der Waals surface area contributed by atoms with Crippen LogP contribution < -0.4 is 10.2 Å². The van der Waals surface area contributed by atoms with Crippen LogP contribution in [-0.4, -0.2) is 53.9 Å². The van der Waals surface area contributed by atoms with Crippen LogP contribution in [0.1, 0.15) is 46.4 Å². The average Bonchev–Trinajstić information content (AvgIpc) is 3.47. The number of hydrogen-bond acceptors (Lipinski definition) is 6. The number of nitro benzene ring substituents is 1. The Hall–Kier alpha value is -2.94. The van der Waals surface area contributed by atoms with E-state index in [1.165, 1.54) is 17.4 Å². The van der Waals surface area contributed by atoms with Crippen molar-refractivity contribution in [2.24, 2.45) is 0 Å². The molecule has 1 aromatic carbocycles. The Balaban J connectivity index is 1.39. The van der Waals surface area contributed by atoms with Crippen LogP contribution in [0.5, 0.6) is 0 Å². The number of carbonyl (C=O) groups is 2. The molecule has 0 atom stereocenters. The molecule has 2 aliphatic rings. The van der Waals surface area contributed by atoms with Gasteiger partial charge in [-0.05, 0) is 49.3 Å². The highest BCUT2D eigenvalue weighted by atomic mass is 32.1. The van der Waals surface area contributed by atoms with Crippen LogP contribution in [-0.2, 0) is 0 Å². The van der Waals surface area contributed by atoms with Crippen molar-refractivity contribution < 1.29 is 14.5 Å². The van der Waals surface area contributed by atoms with Gasteiger partial charge in [-0.15, -0.1) is 0 Å². The van der Waals surface area contributed by atoms with E-state index in [0.717, 1.165) is 25.9 Å². The topological polar surface area (TPSA) is 95.8 Å². The first-order valence-corrected chi connectivity index (χ1v) is 11.1. The summed E-state index contributed by atoms with van der Waals surface area (Å²) >= 11 is 1.48. The minimum Gasteiger partial charge on any atom is -0.366 e. The molecule has 30 heavy (non-hydrogen) atoms. The molecule has 0 unspecified atom stereocenters. The second-order valence-corrected chi connectivity index (χ2v) is 8.49. The summed E-state index contributed by atoms with van der Waals surface area (Å²) in [5, 5.41) is 18.3. The maximum absolute atomic E-state index is 12.9. The van der Waals surface area contributed by atoms with E-state index in [2.05, 4.69) is 5.32 Å². The van der Waals surface area contributed by atoms with Gasteiger partial charge in [0.05, 0.1) is 4.92 Å². The van der Waals surface area contributed by atoms with Crippen molar-refractivity contribution in [3.8, 4) is 0 Å². The molecule has 0 spiro atoms. The van der Waals surface area contributed by atoms with E-state index in [-0.39, 0.29) is 23.5 Å². The molecular weight excluding hydrogens is 404 g/mol. The molecule has 0 bridgehead atoms. The van der Waals surface area contributed by atoms with Gasteiger partial charge in [-0.25, -0.2) is 0 Å². The molecule has 2 aliphatic heterocycles. The second-order valence-electron chi connectivity index (χ2n) is 7.71. The highest BCUT2D eigenvalue weighted by Gasteiger charge is 2.28. The third-order valence-electron chi connectivity index (χ3n) is 5.77. The third kappa shape index (κ3) is 4.30. The number of hydrogen-bond donors (Lipinski definition) is 1. The van der Waals surface area contributed by atoms with Gasteiger partial charge in [-0.3, -0.25) is 19.7 Å². The number of nitro groups is 1. The normalized spacial score (nSPS) is 17.2. The summed E-state index contributed by atoms with van der Waals surface area (Å²) in [7, 11) is 0. The van der Waals surface area contributed by atoms with Crippen LogP contribution in [0.15, 0.2) is 35.0 Å². The van der Waals surface area contributed by atoms with Gasteiger partial charge in [0.2, 0.25) is 0 Å². The molecule has 8 nitrogen and oxygen atoms in total. The zero-order valence-electron chi connectivity index (χ0n) is 16.6. The Morgan fingerprint density at radius 1 is 1.07 bits per heavy atom. The monoisotopic (exact) mass is 428 g/mol. The highest BCUT2D eigenvalue weighted by Crippen LogP contribution is 2.32. The SMILES string of the molecule is O=C(NC1CCN(C(=O)c2ccc(N3CCCC3)c([N+](=O)[O-])c2)CC1)c1ccsc1. The Kier molecular flexibility index (Phi) is 5.98. The van der Waals surface area contributed by atoms with Crippen molar-refractivity contribution in [3.63, 3.8) is 0 Å². The number of carbonyl (C=O) groups excluding carboxylic acids is 2. The lowest BCUT2D eigenvalue weighted by molar-refractivity contribution is -0.384. The molecule has 2 amide bonds. The maximum Gasteiger partial charge on any atom is 0.293 e. The fraction of sp³-hybridized carbons (Fsp3) is 0.429. The molecule has 0 radical (unpaired) electrons. The van der Waals surface area contributed by atoms with Crippen LogP contribution in [0.25, 0.3) is 0 Å². The van der Waals surface area contributed by atoms with E-state index >= 15 is 0 Å². The molecule has 2 aromatic rings. The molecule has 3 heterocycles. The van der Waals surface area contributed by atoms with E-state index in [4.69, 9.17) is 0 Å². The number of rotatable bonds is 5. The zero-order valence-corrected chi connectivity index (χ0v) is 17.4. The van der Waals surface area contributed by atoms with Gasteiger partial charge in [-0.1, -0.05) is 0 Å². The lowest BCUT2D eigenvalue weighted by Gasteiger charge is -2.32. The molecule has 1 aromatic heterocycles. The van der Waals surface area contributed by atoms with Gasteiger partial charge in [0.1, 0.15) is 5.69 Å². The first kappa shape index (κ1) is 20.3. The Morgan fingerprint density at radius 3 is 2.43 bits per heavy atom. The van der Waals surface area contributed by atoms with Crippen LogP contribution in [0.2, 0.25) is 0 Å². The first-order chi connectivity index (χ1) is 14.5. The minimum absolute atomic E-state index is 0.0133. The van der Waals surface area contributed by atoms with Crippen molar-refractivity contribution in [1.82, 2.24) is 10.2 Å². The number of anilines is 1. The van der Waals surface area contributed by atoms with Gasteiger partial charge >= 0.3 is 0 Å². The van der Waals surface area contributed by atoms with Crippen molar-refractivity contribution in [3.05, 3.63) is 56.3 Å². The fourth-order valence-electron chi connectivity index (χ4n) is 4.10. The Morgan fingerprint density at radius 2 is 1.80 bits per heavy atom. The molecule has 0 saturated carbocycles. The number of piperidine rings is 1. The van der Waals surface area contributed by atoms with Crippen molar-refractivity contribution in [1.29, 1.82) is 0 Å². The third-order valence-corrected chi connectivity index (χ3v) is 6.45. The predicted molar refractivity (Wildman–Crippen MR) is 115 cm³/mol. The van der Waals surface area contributed by atoms with E-state index in [9.17, 15) is 19.7 Å². The number of likely N-dealkylation sites (tertiary alicyclic amines) is 1. The van der Waals surface area contributed by atoms with Crippen LogP contribution in [0.3, 0.4) is 0 Å². The average molecular weight is 429 g/mol. The number of benzene rings is 1. The Bertz CT molecular complexity index is 932. The minimum atomic E-state index is -0.406. The van der Waals surface area contributed by atoms with E-state index in [1.807, 2.05) is 15.7 Å². The summed E-state index contributed by atoms with van der Waals surface area (Å²) in [6.07, 6.45) is 3.37. The lowest BCUT2D eigenvalue weighted by atomic mass is 10.0. The molecule has 9 heteroatoms. The zero-order chi connectivity index (χ0) is 21.1. The summed E-state index contributed by atoms with van der Waals surface area (Å²) in [6, 6.07) is 6.60. The van der Waals surface area contributed by atoms with E-state index < -0.39 is 4.92 Å². The molecule has 2 fully saturated rings. The van der Waals surface area contributed by atoms with Gasteiger partial charge in [0, 0.05) is 54.8 Å². The smallest absolute Gasteiger partial charge is 0.293 e. The van der Waals surface area contributed by atoms with Gasteiger partial charge in [0.25, 0.3) is 17.5 Å². The number of thiophene rings is 1. The van der Waals surface area contributed by atoms with Crippen molar-refractivity contribution in [2.45, 2.75) is 31.7 Å². The number of nitrogens with one attached hydrogen (secondary N) is 1. The summed E-state index contributed by atoms with van der Waals surface area (Å²) in [5.41, 5.74) is 1.57. The van der Waals surface area contributed by atoms with E-state index in [1.54, 1.807) is 23.1 Å². The summed E-state index contributed by atoms with van der Waals surface area (Å²) in [4.78, 5) is 40.0. The maximum atomic E-state index is 12.9. The largest absolute Gasteiger partial charge is 0.366 e. The van der Waals surface area contributed by atoms with Gasteiger partial charge in [0.15, 0.2) is 0 Å². The number of nitrogens with zero attached hydrogens (tertiary/aromatic N) is 3. The number of amides is 2. The first-order valence-electron chi connectivity index (χ1n) is 10.2. The molecule has 1 N–H and O–H groups in total. The van der Waals surface area contributed by atoms with Crippen molar-refractivity contribution >= 4 is 34.5 Å². The molecular formula is C21H24N4O4S. The quantitative estimate of drug-likeness (QED) is 0.582. The molecule has 4 rings (SSSR count). The standard InChI is InChI=1S/C21H24N4O4S/c26-20(16-7-12-30-14-16)22-17-5-10-24(11-6-17)21(27)15-3-4-18(19(13-15)25(28)29)23-8-1-2-9-23/h3-4,7,12-14,17H,1-2,5-6,8-11H2,(H,22,26). The molecule has 2 saturated heterocycles. The highest BCUT2D eigenvalue weighted by molar-refractivity contribution is 7.08. The molecule has 0 aliphatic carbocycles. The van der Waals surface area contributed by atoms with Crippen LogP contribution in [0, 0.1) is 10.1 Å². The second kappa shape index (κ2) is 8.83. The lowest BCUT2D eigenvalue weighted by Crippen LogP contribution is -2.46. The molecule has 158 valence electrons. The van der Waals surface area contributed by atoms with E-state index in [0.29, 0.717) is 42.7 Å². The van der Waals surface area contributed by atoms with Gasteiger partial charge < -0.3 is 15.1 Å². The Labute approximate surface area is 178 Å². The summed E-state index contributed by atoms with van der Waals surface area (Å²) < 4.78 is 0. The van der Waals surface area contributed by atoms with Crippen LogP contribution >= 0.6 is 11.3 Å². The summed E-state index contributed by atoms with van der Waals surface area (Å²) in [6.45, 7) is 2.63. The fourth-order valence-corrected chi connectivity index (χ4v) is 4.74.